The molecular formula is C11H22N4O3S. The number of amides is 1. The highest BCUT2D eigenvalue weighted by atomic mass is 32.2. The molecule has 1 heterocycles. The van der Waals surface area contributed by atoms with Gasteiger partial charge < -0.3 is 10.6 Å². The number of piperazine rings is 1. The van der Waals surface area contributed by atoms with Crippen LogP contribution in [0.3, 0.4) is 0 Å². The highest BCUT2D eigenvalue weighted by Crippen LogP contribution is 2.38. The lowest BCUT2D eigenvalue weighted by molar-refractivity contribution is -0.142. The first kappa shape index (κ1) is 14.7. The Labute approximate surface area is 114 Å². The van der Waals surface area contributed by atoms with Gasteiger partial charge in [0.1, 0.15) is 0 Å². The first-order chi connectivity index (χ1) is 8.75. The molecule has 0 aromatic rings. The van der Waals surface area contributed by atoms with E-state index in [1.165, 1.54) is 4.31 Å². The SMILES string of the molecule is CC1(C(=O)N2CCN(S(N)(=O)=O)CC2)CCCC1N. The highest BCUT2D eigenvalue weighted by Gasteiger charge is 2.45. The van der Waals surface area contributed by atoms with E-state index in [1.54, 1.807) is 4.90 Å². The fourth-order valence-electron chi connectivity index (χ4n) is 2.97. The molecule has 2 rings (SSSR count). The molecular weight excluding hydrogens is 268 g/mol. The Balaban J connectivity index is 2.00. The van der Waals surface area contributed by atoms with Crippen LogP contribution in [0.5, 0.6) is 0 Å². The summed E-state index contributed by atoms with van der Waals surface area (Å²) >= 11 is 0. The Kier molecular flexibility index (Phi) is 3.87. The smallest absolute Gasteiger partial charge is 0.277 e. The highest BCUT2D eigenvalue weighted by molar-refractivity contribution is 7.86. The standard InChI is InChI=1S/C11H22N4O3S/c1-11(4-2-3-9(11)12)10(16)14-5-7-15(8-6-14)19(13,17)18/h9H,2-8,12H2,1H3,(H2,13,17,18). The van der Waals surface area contributed by atoms with Gasteiger partial charge in [0.2, 0.25) is 5.91 Å². The van der Waals surface area contributed by atoms with Gasteiger partial charge in [-0.05, 0) is 19.8 Å². The quantitative estimate of drug-likeness (QED) is 0.669. The van der Waals surface area contributed by atoms with Crippen LogP contribution >= 0.6 is 0 Å². The maximum absolute atomic E-state index is 12.5. The Bertz CT molecular complexity index is 459. The molecule has 0 aromatic heterocycles. The van der Waals surface area contributed by atoms with E-state index in [0.717, 1.165) is 19.3 Å². The van der Waals surface area contributed by atoms with Crippen molar-refractivity contribution in [3.05, 3.63) is 0 Å². The predicted molar refractivity (Wildman–Crippen MR) is 71.2 cm³/mol. The number of nitrogens with two attached hydrogens (primary N) is 2. The maximum Gasteiger partial charge on any atom is 0.277 e. The van der Waals surface area contributed by atoms with Gasteiger partial charge in [-0.1, -0.05) is 6.42 Å². The molecule has 8 heteroatoms. The zero-order chi connectivity index (χ0) is 14.3. The molecule has 0 bridgehead atoms. The van der Waals surface area contributed by atoms with Crippen molar-refractivity contribution in [2.24, 2.45) is 16.3 Å². The average Bonchev–Trinajstić information content (AvgIpc) is 2.69. The summed E-state index contributed by atoms with van der Waals surface area (Å²) in [6, 6.07) is -0.101. The molecule has 2 unspecified atom stereocenters. The molecule has 0 spiro atoms. The average molecular weight is 290 g/mol. The van der Waals surface area contributed by atoms with Crippen LogP contribution in [0.15, 0.2) is 0 Å². The molecule has 2 fully saturated rings. The fraction of sp³-hybridized carbons (Fsp3) is 0.909. The van der Waals surface area contributed by atoms with Crippen molar-refractivity contribution in [1.82, 2.24) is 9.21 Å². The largest absolute Gasteiger partial charge is 0.340 e. The van der Waals surface area contributed by atoms with Crippen LogP contribution in [0.25, 0.3) is 0 Å². The minimum atomic E-state index is -3.65. The molecule has 0 radical (unpaired) electrons. The summed E-state index contributed by atoms with van der Waals surface area (Å²) in [5.74, 6) is 0.0477. The van der Waals surface area contributed by atoms with Gasteiger partial charge in [-0.25, -0.2) is 5.14 Å². The van der Waals surface area contributed by atoms with Crippen molar-refractivity contribution in [3.8, 4) is 0 Å². The van der Waals surface area contributed by atoms with Gasteiger partial charge in [-0.3, -0.25) is 4.79 Å². The van der Waals surface area contributed by atoms with Gasteiger partial charge in [0.15, 0.2) is 0 Å². The van der Waals surface area contributed by atoms with Crippen LogP contribution in [0.2, 0.25) is 0 Å². The molecule has 19 heavy (non-hydrogen) atoms. The summed E-state index contributed by atoms with van der Waals surface area (Å²) in [7, 11) is -3.65. The van der Waals surface area contributed by atoms with E-state index in [1.807, 2.05) is 6.92 Å². The molecule has 2 atom stereocenters. The van der Waals surface area contributed by atoms with Crippen LogP contribution in [0, 0.1) is 5.41 Å². The summed E-state index contributed by atoms with van der Waals surface area (Å²) in [6.07, 6.45) is 2.66. The second-order valence-corrected chi connectivity index (χ2v) is 7.20. The Morgan fingerprint density at radius 3 is 2.26 bits per heavy atom. The first-order valence-corrected chi connectivity index (χ1v) is 8.08. The van der Waals surface area contributed by atoms with Gasteiger partial charge in [-0.15, -0.1) is 0 Å². The van der Waals surface area contributed by atoms with E-state index in [2.05, 4.69) is 0 Å². The molecule has 4 N–H and O–H groups in total. The Morgan fingerprint density at radius 2 is 1.84 bits per heavy atom. The predicted octanol–water partition coefficient (Wildman–Crippen LogP) is -1.15. The Morgan fingerprint density at radius 1 is 1.26 bits per heavy atom. The van der Waals surface area contributed by atoms with Crippen molar-refractivity contribution < 1.29 is 13.2 Å². The molecule has 2 aliphatic rings. The van der Waals surface area contributed by atoms with Gasteiger partial charge in [0.25, 0.3) is 10.2 Å². The number of hydrogen-bond acceptors (Lipinski definition) is 4. The monoisotopic (exact) mass is 290 g/mol. The lowest BCUT2D eigenvalue weighted by Crippen LogP contribution is -2.57. The zero-order valence-electron chi connectivity index (χ0n) is 11.2. The van der Waals surface area contributed by atoms with E-state index in [-0.39, 0.29) is 25.0 Å². The number of carbonyl (C=O) groups is 1. The molecule has 7 nitrogen and oxygen atoms in total. The maximum atomic E-state index is 12.5. The normalized spacial score (nSPS) is 33.6. The van der Waals surface area contributed by atoms with E-state index < -0.39 is 15.6 Å². The molecule has 1 saturated carbocycles. The van der Waals surface area contributed by atoms with Crippen molar-refractivity contribution in [2.45, 2.75) is 32.2 Å². The van der Waals surface area contributed by atoms with Crippen LogP contribution in [-0.4, -0.2) is 55.8 Å². The molecule has 110 valence electrons. The molecule has 1 aliphatic heterocycles. The van der Waals surface area contributed by atoms with Gasteiger partial charge >= 0.3 is 0 Å². The lowest BCUT2D eigenvalue weighted by atomic mass is 9.83. The summed E-state index contributed by atoms with van der Waals surface area (Å²) in [5.41, 5.74) is 5.55. The van der Waals surface area contributed by atoms with Gasteiger partial charge in [0, 0.05) is 32.2 Å². The molecule has 1 amide bonds. The van der Waals surface area contributed by atoms with Crippen LogP contribution in [0.4, 0.5) is 0 Å². The summed E-state index contributed by atoms with van der Waals surface area (Å²) < 4.78 is 23.6. The minimum Gasteiger partial charge on any atom is -0.340 e. The van der Waals surface area contributed by atoms with Gasteiger partial charge in [-0.2, -0.15) is 12.7 Å². The molecule has 1 aliphatic carbocycles. The minimum absolute atomic E-state index is 0.0477. The number of hydrogen-bond donors (Lipinski definition) is 2. The van der Waals surface area contributed by atoms with Crippen molar-refractivity contribution in [2.75, 3.05) is 26.2 Å². The number of rotatable bonds is 2. The third kappa shape index (κ3) is 2.76. The molecule has 1 saturated heterocycles. The second kappa shape index (κ2) is 5.01. The number of carbonyl (C=O) groups excluding carboxylic acids is 1. The topological polar surface area (TPSA) is 110 Å². The van der Waals surface area contributed by atoms with Crippen LogP contribution < -0.4 is 10.9 Å². The lowest BCUT2D eigenvalue weighted by Gasteiger charge is -2.38. The fourth-order valence-corrected chi connectivity index (χ4v) is 3.64. The van der Waals surface area contributed by atoms with E-state index >= 15 is 0 Å². The van der Waals surface area contributed by atoms with Crippen LogP contribution in [0.1, 0.15) is 26.2 Å². The number of nitrogens with zero attached hydrogens (tertiary/aromatic N) is 2. The summed E-state index contributed by atoms with van der Waals surface area (Å²) in [4.78, 5) is 14.3. The van der Waals surface area contributed by atoms with Crippen molar-refractivity contribution >= 4 is 16.1 Å². The van der Waals surface area contributed by atoms with Crippen molar-refractivity contribution in [1.29, 1.82) is 0 Å². The van der Waals surface area contributed by atoms with Gasteiger partial charge in [0.05, 0.1) is 5.41 Å². The van der Waals surface area contributed by atoms with E-state index in [9.17, 15) is 13.2 Å². The second-order valence-electron chi connectivity index (χ2n) is 5.65. The summed E-state index contributed by atoms with van der Waals surface area (Å²) in [5, 5.41) is 5.08. The third-order valence-corrected chi connectivity index (χ3v) is 5.49. The van der Waals surface area contributed by atoms with E-state index in [4.69, 9.17) is 10.9 Å². The Hall–Kier alpha value is -0.700. The van der Waals surface area contributed by atoms with Crippen LogP contribution in [-0.2, 0) is 15.0 Å². The first-order valence-electron chi connectivity index (χ1n) is 6.58. The van der Waals surface area contributed by atoms with E-state index in [0.29, 0.717) is 13.1 Å². The summed E-state index contributed by atoms with van der Waals surface area (Å²) in [6.45, 7) is 3.21. The van der Waals surface area contributed by atoms with Crippen molar-refractivity contribution in [3.63, 3.8) is 0 Å². The molecule has 0 aromatic carbocycles. The zero-order valence-corrected chi connectivity index (χ0v) is 12.0. The third-order valence-electron chi connectivity index (χ3n) is 4.40.